The number of halogens is 1. The van der Waals surface area contributed by atoms with Gasteiger partial charge in [-0.1, -0.05) is 12.0 Å². The highest BCUT2D eigenvalue weighted by molar-refractivity contribution is 5.70. The Labute approximate surface area is 78.1 Å². The van der Waals surface area contributed by atoms with Gasteiger partial charge in [-0.2, -0.15) is 5.01 Å². The molecule has 76 valence electrons. The Morgan fingerprint density at radius 3 is 2.15 bits per heavy atom. The van der Waals surface area contributed by atoms with Crippen LogP contribution in [0.25, 0.3) is 0 Å². The van der Waals surface area contributed by atoms with Gasteiger partial charge in [0.2, 0.25) is 0 Å². The molecule has 6 nitrogen and oxygen atoms in total. The van der Waals surface area contributed by atoms with Crippen molar-refractivity contribution in [1.82, 2.24) is 0 Å². The van der Waals surface area contributed by atoms with Gasteiger partial charge in [0.05, 0.1) is 6.21 Å². The van der Waals surface area contributed by atoms with Crippen molar-refractivity contribution in [3.63, 3.8) is 0 Å². The van der Waals surface area contributed by atoms with Crippen LogP contribution in [0.3, 0.4) is 0 Å². The van der Waals surface area contributed by atoms with Crippen LogP contribution in [0.15, 0.2) is 17.4 Å². The fourth-order valence-electron chi connectivity index (χ4n) is 0.740. The van der Waals surface area contributed by atoms with Crippen molar-refractivity contribution in [2.45, 2.75) is 13.3 Å². The fourth-order valence-corrected chi connectivity index (χ4v) is 0.740. The van der Waals surface area contributed by atoms with E-state index in [-0.39, 0.29) is 0 Å². The summed E-state index contributed by atoms with van der Waals surface area (Å²) >= 11 is 0. The first-order chi connectivity index (χ1) is 5.93. The van der Waals surface area contributed by atoms with Gasteiger partial charge in [0.15, 0.2) is 0 Å². The molecule has 1 aliphatic heterocycles. The standard InChI is InChI=1S/C6H10N2.ClHO4/c1-2-5-8-6-3-4-7-8;2-1(3,4)5/h3-4,6H,2,5H2,1H3;(H,2,3,4,5). The molecule has 0 saturated heterocycles. The third kappa shape index (κ3) is 11.5. The number of quaternary nitrogens is 1. The quantitative estimate of drug-likeness (QED) is 0.492. The molecule has 1 rings (SSSR count). The molecule has 1 atom stereocenters. The van der Waals surface area contributed by atoms with Crippen LogP contribution in [-0.4, -0.2) is 12.8 Å². The summed E-state index contributed by atoms with van der Waals surface area (Å²) in [6, 6.07) is 0. The van der Waals surface area contributed by atoms with E-state index in [4.69, 9.17) is 18.6 Å². The molecule has 0 radical (unpaired) electrons. The zero-order valence-corrected chi connectivity index (χ0v) is 7.86. The van der Waals surface area contributed by atoms with E-state index in [0.717, 1.165) is 6.54 Å². The van der Waals surface area contributed by atoms with Crippen LogP contribution in [0.4, 0.5) is 0 Å². The fraction of sp³-hybridized carbons (Fsp3) is 0.500. The maximum atomic E-state index is 8.49. The number of hydrogen-bond donors (Lipinski definition) is 1. The number of allylic oxidation sites excluding steroid dienone is 1. The first kappa shape index (κ1) is 12.5. The molecule has 0 fully saturated rings. The molecule has 1 aliphatic rings. The van der Waals surface area contributed by atoms with Crippen LogP contribution in [-0.2, 0) is 0 Å². The maximum absolute atomic E-state index is 8.49. The van der Waals surface area contributed by atoms with Gasteiger partial charge in [-0.05, 0) is 6.42 Å². The predicted molar refractivity (Wildman–Crippen MR) is 33.8 cm³/mol. The van der Waals surface area contributed by atoms with Gasteiger partial charge in [-0.3, -0.25) is 0 Å². The number of rotatable bonds is 2. The molecule has 1 heterocycles. The summed E-state index contributed by atoms with van der Waals surface area (Å²) in [4.78, 5) is 0. The molecule has 0 saturated carbocycles. The average molecular weight is 211 g/mol. The third-order valence-electron chi connectivity index (χ3n) is 1.12. The van der Waals surface area contributed by atoms with E-state index in [9.17, 15) is 0 Å². The lowest BCUT2D eigenvalue weighted by atomic mass is 10.5. The average Bonchev–Trinajstić information content (AvgIpc) is 2.36. The zero-order valence-electron chi connectivity index (χ0n) is 7.10. The lowest BCUT2D eigenvalue weighted by Crippen LogP contribution is -3.01. The molecule has 0 spiro atoms. The van der Waals surface area contributed by atoms with Crippen molar-refractivity contribution in [3.05, 3.63) is 12.3 Å². The van der Waals surface area contributed by atoms with E-state index in [0.29, 0.717) is 0 Å². The Morgan fingerprint density at radius 1 is 1.31 bits per heavy atom. The lowest BCUT2D eigenvalue weighted by molar-refractivity contribution is -2.00. The van der Waals surface area contributed by atoms with E-state index in [1.165, 1.54) is 11.4 Å². The molecule has 7 heteroatoms. The Hall–Kier alpha value is -0.500. The largest absolute Gasteiger partial charge is 0.222 e. The second-order valence-corrected chi connectivity index (χ2v) is 3.01. The highest BCUT2D eigenvalue weighted by Crippen LogP contribution is 1.70. The maximum Gasteiger partial charge on any atom is 0.122 e. The van der Waals surface area contributed by atoms with Crippen LogP contribution in [0.2, 0.25) is 0 Å². The highest BCUT2D eigenvalue weighted by Gasteiger charge is 2.01. The summed E-state index contributed by atoms with van der Waals surface area (Å²) in [5.74, 6) is 0. The Bertz CT molecular complexity index is 172. The Kier molecular flexibility index (Phi) is 5.80. The van der Waals surface area contributed by atoms with E-state index in [1.807, 2.05) is 12.3 Å². The zero-order chi connectivity index (χ0) is 10.3. The van der Waals surface area contributed by atoms with Crippen molar-refractivity contribution in [2.75, 3.05) is 6.54 Å². The summed E-state index contributed by atoms with van der Waals surface area (Å²) in [5, 5.41) is 5.32. The van der Waals surface area contributed by atoms with Crippen LogP contribution in [0, 0.1) is 10.2 Å². The van der Waals surface area contributed by atoms with Crippen molar-refractivity contribution in [2.24, 2.45) is 5.10 Å². The van der Waals surface area contributed by atoms with Crippen LogP contribution in [0.5, 0.6) is 0 Å². The van der Waals surface area contributed by atoms with Gasteiger partial charge in [0.25, 0.3) is 0 Å². The van der Waals surface area contributed by atoms with E-state index < -0.39 is 10.2 Å². The number of hydrogen-bond acceptors (Lipinski definition) is 5. The first-order valence-electron chi connectivity index (χ1n) is 3.62. The molecule has 0 aromatic heterocycles. The molecule has 0 aromatic rings. The first-order valence-corrected chi connectivity index (χ1v) is 4.85. The molecule has 13 heavy (non-hydrogen) atoms. The third-order valence-corrected chi connectivity index (χ3v) is 1.12. The van der Waals surface area contributed by atoms with Crippen molar-refractivity contribution < 1.29 is 33.9 Å². The molecular formula is C6H11ClN2O4. The van der Waals surface area contributed by atoms with Crippen LogP contribution >= 0.6 is 0 Å². The number of nitrogens with zero attached hydrogens (tertiary/aromatic N) is 1. The lowest BCUT2D eigenvalue weighted by Gasteiger charge is -2.17. The van der Waals surface area contributed by atoms with Gasteiger partial charge in [0, 0.05) is 6.08 Å². The van der Waals surface area contributed by atoms with Gasteiger partial charge in [-0.15, -0.1) is 10.2 Å². The van der Waals surface area contributed by atoms with Crippen molar-refractivity contribution >= 4 is 6.21 Å². The summed E-state index contributed by atoms with van der Waals surface area (Å²) in [7, 11) is -4.94. The van der Waals surface area contributed by atoms with Gasteiger partial charge >= 0.3 is 0 Å². The van der Waals surface area contributed by atoms with Gasteiger partial charge < -0.3 is 0 Å². The molecule has 1 unspecified atom stereocenters. The summed E-state index contributed by atoms with van der Waals surface area (Å²) in [6.07, 6.45) is 7.07. The summed E-state index contributed by atoms with van der Waals surface area (Å²) in [6.45, 7) is 3.28. The SMILES string of the molecule is CCC[NH+]1C=CC=N1.[O-][Cl+3]([O-])([O-])[O-]. The Morgan fingerprint density at radius 2 is 1.85 bits per heavy atom. The highest BCUT2D eigenvalue weighted by atomic mass is 35.7. The molecule has 0 aromatic carbocycles. The number of nitrogens with one attached hydrogen (secondary N) is 1. The van der Waals surface area contributed by atoms with Crippen LogP contribution in [0.1, 0.15) is 13.3 Å². The minimum atomic E-state index is -4.94. The molecule has 0 aliphatic carbocycles. The van der Waals surface area contributed by atoms with Crippen LogP contribution < -0.4 is 23.6 Å². The minimum Gasteiger partial charge on any atom is -0.222 e. The molecule has 1 N–H and O–H groups in total. The summed E-state index contributed by atoms with van der Waals surface area (Å²) in [5.41, 5.74) is 0. The minimum absolute atomic E-state index is 1.12. The van der Waals surface area contributed by atoms with Crippen molar-refractivity contribution in [3.8, 4) is 0 Å². The molecule has 0 bridgehead atoms. The van der Waals surface area contributed by atoms with E-state index in [1.54, 1.807) is 0 Å². The van der Waals surface area contributed by atoms with Gasteiger partial charge in [-0.25, -0.2) is 18.6 Å². The van der Waals surface area contributed by atoms with E-state index >= 15 is 0 Å². The molecule has 0 amide bonds. The second kappa shape index (κ2) is 6.03. The van der Waals surface area contributed by atoms with Gasteiger partial charge in [0.1, 0.15) is 12.7 Å². The van der Waals surface area contributed by atoms with Crippen molar-refractivity contribution in [1.29, 1.82) is 0 Å². The Balaban J connectivity index is 0.000000252. The topological polar surface area (TPSA) is 109 Å². The second-order valence-electron chi connectivity index (χ2n) is 2.26. The summed E-state index contributed by atoms with van der Waals surface area (Å²) < 4.78 is 34.0. The monoisotopic (exact) mass is 210 g/mol. The predicted octanol–water partition coefficient (Wildman–Crippen LogP) is -4.96. The van der Waals surface area contributed by atoms with E-state index in [2.05, 4.69) is 18.2 Å². The normalized spacial score (nSPS) is 19.9. The smallest absolute Gasteiger partial charge is 0.122 e. The molecular weight excluding hydrogens is 200 g/mol.